The van der Waals surface area contributed by atoms with Crippen LogP contribution in [0, 0.1) is 0 Å². The quantitative estimate of drug-likeness (QED) is 0.865. The van der Waals surface area contributed by atoms with E-state index in [9.17, 15) is 9.90 Å². The number of anilines is 1. The van der Waals surface area contributed by atoms with Crippen molar-refractivity contribution in [3.05, 3.63) is 10.6 Å². The minimum atomic E-state index is -0.927. The first-order chi connectivity index (χ1) is 10.1. The van der Waals surface area contributed by atoms with E-state index in [1.807, 2.05) is 0 Å². The third-order valence-electron chi connectivity index (χ3n) is 3.96. The Morgan fingerprint density at radius 1 is 1.43 bits per heavy atom. The Bertz CT molecular complexity index is 484. The molecule has 0 saturated carbocycles. The predicted molar refractivity (Wildman–Crippen MR) is 83.3 cm³/mol. The highest BCUT2D eigenvalue weighted by molar-refractivity contribution is 7.17. The van der Waals surface area contributed by atoms with Gasteiger partial charge < -0.3 is 14.7 Å². The lowest BCUT2D eigenvalue weighted by Crippen LogP contribution is -2.49. The van der Waals surface area contributed by atoms with Crippen LogP contribution in [0.3, 0.4) is 0 Å². The molecule has 0 amide bonds. The third kappa shape index (κ3) is 3.72. The van der Waals surface area contributed by atoms with Gasteiger partial charge in [-0.05, 0) is 13.3 Å². The van der Waals surface area contributed by atoms with Crippen molar-refractivity contribution in [3.8, 4) is 0 Å². The SMILES string of the molecule is CCC(C)N1CCN(c2nc(COC)c(C(=O)O)s2)CC1. The van der Waals surface area contributed by atoms with Gasteiger partial charge in [0.1, 0.15) is 4.88 Å². The zero-order valence-electron chi connectivity index (χ0n) is 12.8. The molecular weight excluding hydrogens is 290 g/mol. The largest absolute Gasteiger partial charge is 0.477 e. The van der Waals surface area contributed by atoms with Crippen molar-refractivity contribution in [1.29, 1.82) is 0 Å². The molecule has 0 aromatic carbocycles. The maximum absolute atomic E-state index is 11.3. The van der Waals surface area contributed by atoms with Gasteiger partial charge in [-0.15, -0.1) is 0 Å². The smallest absolute Gasteiger partial charge is 0.347 e. The van der Waals surface area contributed by atoms with Crippen LogP contribution in [-0.4, -0.2) is 60.3 Å². The van der Waals surface area contributed by atoms with Crippen LogP contribution < -0.4 is 4.90 Å². The number of methoxy groups -OCH3 is 1. The van der Waals surface area contributed by atoms with Crippen LogP contribution in [0.5, 0.6) is 0 Å². The van der Waals surface area contributed by atoms with E-state index in [1.54, 1.807) is 7.11 Å². The van der Waals surface area contributed by atoms with E-state index >= 15 is 0 Å². The van der Waals surface area contributed by atoms with Gasteiger partial charge in [-0.2, -0.15) is 0 Å². The Kier molecular flexibility index (Phi) is 5.55. The molecule has 1 aromatic heterocycles. The van der Waals surface area contributed by atoms with Crippen molar-refractivity contribution in [1.82, 2.24) is 9.88 Å². The van der Waals surface area contributed by atoms with Crippen molar-refractivity contribution in [2.75, 3.05) is 38.2 Å². The normalized spacial score (nSPS) is 18.0. The molecule has 0 aliphatic carbocycles. The van der Waals surface area contributed by atoms with Gasteiger partial charge in [-0.3, -0.25) is 4.90 Å². The molecule has 6 nitrogen and oxygen atoms in total. The molecule has 1 aromatic rings. The lowest BCUT2D eigenvalue weighted by molar-refractivity contribution is 0.0697. The van der Waals surface area contributed by atoms with Crippen LogP contribution in [0.4, 0.5) is 5.13 Å². The van der Waals surface area contributed by atoms with Gasteiger partial charge in [-0.1, -0.05) is 18.3 Å². The molecule has 0 spiro atoms. The molecule has 0 radical (unpaired) electrons. The van der Waals surface area contributed by atoms with Gasteiger partial charge in [0, 0.05) is 39.3 Å². The molecule has 1 aliphatic rings. The number of rotatable bonds is 6. The number of carboxylic acids is 1. The van der Waals surface area contributed by atoms with Crippen molar-refractivity contribution >= 4 is 22.4 Å². The number of aromatic carboxylic acids is 1. The fourth-order valence-electron chi connectivity index (χ4n) is 2.49. The lowest BCUT2D eigenvalue weighted by Gasteiger charge is -2.37. The Hall–Kier alpha value is -1.18. The molecule has 0 bridgehead atoms. The summed E-state index contributed by atoms with van der Waals surface area (Å²) in [6.07, 6.45) is 1.15. The molecule has 21 heavy (non-hydrogen) atoms. The Balaban J connectivity index is 2.06. The number of carbonyl (C=O) groups is 1. The Labute approximate surface area is 129 Å². The van der Waals surface area contributed by atoms with Crippen LogP contribution in [0.15, 0.2) is 0 Å². The fraction of sp³-hybridized carbons (Fsp3) is 0.714. The second-order valence-electron chi connectivity index (χ2n) is 5.29. The van der Waals surface area contributed by atoms with E-state index in [-0.39, 0.29) is 11.5 Å². The van der Waals surface area contributed by atoms with Crippen LogP contribution in [0.25, 0.3) is 0 Å². The summed E-state index contributed by atoms with van der Waals surface area (Å²) in [6.45, 7) is 8.47. The topological polar surface area (TPSA) is 65.9 Å². The van der Waals surface area contributed by atoms with Gasteiger partial charge in [0.05, 0.1) is 12.3 Å². The van der Waals surface area contributed by atoms with Crippen molar-refractivity contribution < 1.29 is 14.6 Å². The number of ether oxygens (including phenoxy) is 1. The molecule has 1 N–H and O–H groups in total. The molecule has 1 fully saturated rings. The first-order valence-corrected chi connectivity index (χ1v) is 8.09. The maximum Gasteiger partial charge on any atom is 0.347 e. The van der Waals surface area contributed by atoms with E-state index in [1.165, 1.54) is 11.3 Å². The monoisotopic (exact) mass is 313 g/mol. The van der Waals surface area contributed by atoms with Crippen LogP contribution >= 0.6 is 11.3 Å². The number of thiazole rings is 1. The summed E-state index contributed by atoms with van der Waals surface area (Å²) in [5, 5.41) is 10.0. The fourth-order valence-corrected chi connectivity index (χ4v) is 3.45. The van der Waals surface area contributed by atoms with Crippen molar-refractivity contribution in [2.24, 2.45) is 0 Å². The van der Waals surface area contributed by atoms with E-state index in [0.29, 0.717) is 11.7 Å². The predicted octanol–water partition coefficient (Wildman–Crippen LogP) is 1.91. The van der Waals surface area contributed by atoms with Gasteiger partial charge >= 0.3 is 5.97 Å². The summed E-state index contributed by atoms with van der Waals surface area (Å²) < 4.78 is 5.04. The lowest BCUT2D eigenvalue weighted by atomic mass is 10.2. The van der Waals surface area contributed by atoms with E-state index in [2.05, 4.69) is 28.6 Å². The highest BCUT2D eigenvalue weighted by Crippen LogP contribution is 2.28. The number of nitrogens with zero attached hydrogens (tertiary/aromatic N) is 3. The number of hydrogen-bond donors (Lipinski definition) is 1. The Morgan fingerprint density at radius 3 is 2.62 bits per heavy atom. The van der Waals surface area contributed by atoms with E-state index < -0.39 is 5.97 Å². The van der Waals surface area contributed by atoms with Crippen molar-refractivity contribution in [3.63, 3.8) is 0 Å². The Morgan fingerprint density at radius 2 is 2.10 bits per heavy atom. The first kappa shape index (κ1) is 16.2. The highest BCUT2D eigenvalue weighted by atomic mass is 32.1. The molecule has 2 rings (SSSR count). The summed E-state index contributed by atoms with van der Waals surface area (Å²) in [7, 11) is 1.55. The minimum absolute atomic E-state index is 0.241. The van der Waals surface area contributed by atoms with Gasteiger partial charge in [0.25, 0.3) is 0 Å². The second-order valence-corrected chi connectivity index (χ2v) is 6.27. The highest BCUT2D eigenvalue weighted by Gasteiger charge is 2.25. The standard InChI is InChI=1S/C14H23N3O3S/c1-4-10(2)16-5-7-17(8-6-16)14-15-11(9-20-3)12(21-14)13(18)19/h10H,4-9H2,1-3H3,(H,18,19). The molecule has 118 valence electrons. The molecule has 2 heterocycles. The molecule has 1 aliphatic heterocycles. The summed E-state index contributed by atoms with van der Waals surface area (Å²) in [5.41, 5.74) is 0.523. The van der Waals surface area contributed by atoms with Crippen LogP contribution in [0.1, 0.15) is 35.6 Å². The first-order valence-electron chi connectivity index (χ1n) is 7.27. The van der Waals surface area contributed by atoms with Crippen LogP contribution in [0.2, 0.25) is 0 Å². The average molecular weight is 313 g/mol. The van der Waals surface area contributed by atoms with Crippen molar-refractivity contribution in [2.45, 2.75) is 32.9 Å². The molecule has 1 atom stereocenters. The third-order valence-corrected chi connectivity index (χ3v) is 5.11. The minimum Gasteiger partial charge on any atom is -0.477 e. The van der Waals surface area contributed by atoms with Gasteiger partial charge in [0.15, 0.2) is 5.13 Å². The molecule has 7 heteroatoms. The van der Waals surface area contributed by atoms with Gasteiger partial charge in [-0.25, -0.2) is 9.78 Å². The average Bonchev–Trinajstić information content (AvgIpc) is 2.91. The van der Waals surface area contributed by atoms with Crippen LogP contribution in [-0.2, 0) is 11.3 Å². The second kappa shape index (κ2) is 7.20. The maximum atomic E-state index is 11.3. The zero-order chi connectivity index (χ0) is 15.4. The summed E-state index contributed by atoms with van der Waals surface area (Å²) in [6, 6.07) is 0.599. The van der Waals surface area contributed by atoms with E-state index in [0.717, 1.165) is 37.7 Å². The summed E-state index contributed by atoms with van der Waals surface area (Å²) >= 11 is 1.25. The molecule has 1 unspecified atom stereocenters. The molecule has 1 saturated heterocycles. The number of piperazine rings is 1. The molecular formula is C14H23N3O3S. The van der Waals surface area contributed by atoms with E-state index in [4.69, 9.17) is 4.74 Å². The number of hydrogen-bond acceptors (Lipinski definition) is 6. The summed E-state index contributed by atoms with van der Waals surface area (Å²) in [4.78, 5) is 20.7. The summed E-state index contributed by atoms with van der Waals surface area (Å²) in [5.74, 6) is -0.927. The number of aromatic nitrogens is 1. The van der Waals surface area contributed by atoms with Gasteiger partial charge in [0.2, 0.25) is 0 Å². The zero-order valence-corrected chi connectivity index (χ0v) is 13.7. The number of carboxylic acid groups (broad SMARTS) is 1.